The molecule has 0 spiro atoms. The van der Waals surface area contributed by atoms with Gasteiger partial charge in [-0.1, -0.05) is 30.3 Å². The van der Waals surface area contributed by atoms with E-state index >= 15 is 0 Å². The van der Waals surface area contributed by atoms with Gasteiger partial charge in [0.2, 0.25) is 0 Å². The van der Waals surface area contributed by atoms with Crippen molar-refractivity contribution in [1.29, 1.82) is 0 Å². The highest BCUT2D eigenvalue weighted by molar-refractivity contribution is 7.13. The van der Waals surface area contributed by atoms with Crippen molar-refractivity contribution in [3.63, 3.8) is 0 Å². The molecule has 3 aromatic rings. The van der Waals surface area contributed by atoms with E-state index in [-0.39, 0.29) is 12.2 Å². The highest BCUT2D eigenvalue weighted by Gasteiger charge is 2.22. The molecule has 3 N–H and O–H groups in total. The van der Waals surface area contributed by atoms with Crippen molar-refractivity contribution in [1.82, 2.24) is 5.32 Å². The van der Waals surface area contributed by atoms with Crippen LogP contribution in [-0.2, 0) is 11.2 Å². The van der Waals surface area contributed by atoms with Crippen molar-refractivity contribution in [3.05, 3.63) is 77.2 Å². The Morgan fingerprint density at radius 1 is 1.12 bits per heavy atom. The number of rotatable bonds is 6. The number of carboxylic acids is 1. The first-order chi connectivity index (χ1) is 12.5. The molecule has 3 rings (SSSR count). The molecule has 0 saturated heterocycles. The third kappa shape index (κ3) is 4.02. The van der Waals surface area contributed by atoms with E-state index in [1.54, 1.807) is 36.4 Å². The SMILES string of the molecule is O=C(NC(Cc1c#cc(O)c(-c2cccs2)c1)C(=O)O)c1ccccc1. The fourth-order valence-electron chi connectivity index (χ4n) is 2.47. The van der Waals surface area contributed by atoms with Gasteiger partial charge in [0, 0.05) is 28.0 Å². The molecule has 6 heteroatoms. The Balaban J connectivity index is 1.79. The summed E-state index contributed by atoms with van der Waals surface area (Å²) in [5.74, 6) is -1.65. The molecule has 0 fully saturated rings. The van der Waals surface area contributed by atoms with E-state index in [1.807, 2.05) is 17.5 Å². The summed E-state index contributed by atoms with van der Waals surface area (Å²) in [4.78, 5) is 24.6. The molecule has 0 aliphatic carbocycles. The van der Waals surface area contributed by atoms with Crippen molar-refractivity contribution in [3.8, 4) is 16.2 Å². The van der Waals surface area contributed by atoms with Crippen molar-refractivity contribution >= 4 is 23.2 Å². The number of thiophene rings is 1. The van der Waals surface area contributed by atoms with Crippen LogP contribution in [0.5, 0.6) is 5.75 Å². The van der Waals surface area contributed by atoms with Gasteiger partial charge >= 0.3 is 5.97 Å². The second kappa shape index (κ2) is 7.72. The number of nitrogens with one attached hydrogen (secondary N) is 1. The fourth-order valence-corrected chi connectivity index (χ4v) is 3.21. The molecule has 0 radical (unpaired) electrons. The second-order valence-electron chi connectivity index (χ2n) is 5.59. The molecule has 0 aliphatic rings. The van der Waals surface area contributed by atoms with E-state index < -0.39 is 17.9 Å². The lowest BCUT2D eigenvalue weighted by atomic mass is 10.0. The van der Waals surface area contributed by atoms with Crippen LogP contribution in [0.1, 0.15) is 15.9 Å². The number of amides is 1. The van der Waals surface area contributed by atoms with Crippen LogP contribution in [-0.4, -0.2) is 28.1 Å². The normalized spacial score (nSPS) is 11.4. The van der Waals surface area contributed by atoms with Gasteiger partial charge in [-0.2, -0.15) is 0 Å². The molecule has 26 heavy (non-hydrogen) atoms. The zero-order valence-electron chi connectivity index (χ0n) is 13.6. The first kappa shape index (κ1) is 17.5. The monoisotopic (exact) mass is 365 g/mol. The van der Waals surface area contributed by atoms with E-state index in [0.717, 1.165) is 4.88 Å². The molecule has 1 unspecified atom stereocenters. The van der Waals surface area contributed by atoms with Gasteiger partial charge in [0.15, 0.2) is 5.75 Å². The molecule has 0 aliphatic heterocycles. The van der Waals surface area contributed by atoms with Crippen molar-refractivity contribution in [2.45, 2.75) is 12.5 Å². The minimum Gasteiger partial charge on any atom is -0.500 e. The molecule has 130 valence electrons. The van der Waals surface area contributed by atoms with Crippen LogP contribution in [0.3, 0.4) is 0 Å². The predicted molar refractivity (Wildman–Crippen MR) is 98.1 cm³/mol. The maximum absolute atomic E-state index is 12.2. The second-order valence-corrected chi connectivity index (χ2v) is 6.54. The van der Waals surface area contributed by atoms with Gasteiger partial charge in [0.25, 0.3) is 5.91 Å². The molecule has 0 saturated carbocycles. The highest BCUT2D eigenvalue weighted by Crippen LogP contribution is 2.31. The van der Waals surface area contributed by atoms with Crippen LogP contribution in [0.25, 0.3) is 10.4 Å². The van der Waals surface area contributed by atoms with Gasteiger partial charge in [-0.15, -0.1) is 11.3 Å². The Morgan fingerprint density at radius 3 is 2.54 bits per heavy atom. The van der Waals surface area contributed by atoms with Crippen LogP contribution in [0.2, 0.25) is 0 Å². The first-order valence-corrected chi connectivity index (χ1v) is 8.71. The van der Waals surface area contributed by atoms with E-state index in [0.29, 0.717) is 16.7 Å². The molecule has 5 nitrogen and oxygen atoms in total. The molecule has 2 aromatic carbocycles. The summed E-state index contributed by atoms with van der Waals surface area (Å²) < 4.78 is 0. The Kier molecular flexibility index (Phi) is 5.20. The van der Waals surface area contributed by atoms with Gasteiger partial charge in [0.05, 0.1) is 0 Å². The van der Waals surface area contributed by atoms with Gasteiger partial charge < -0.3 is 15.5 Å². The van der Waals surface area contributed by atoms with Gasteiger partial charge in [-0.05, 0) is 35.7 Å². The van der Waals surface area contributed by atoms with E-state index in [9.17, 15) is 19.8 Å². The summed E-state index contributed by atoms with van der Waals surface area (Å²) >= 11 is 1.45. The largest absolute Gasteiger partial charge is 0.500 e. The number of aromatic hydroxyl groups is 1. The van der Waals surface area contributed by atoms with Crippen LogP contribution in [0, 0.1) is 12.1 Å². The lowest BCUT2D eigenvalue weighted by molar-refractivity contribution is -0.139. The van der Waals surface area contributed by atoms with E-state index in [4.69, 9.17) is 0 Å². The quantitative estimate of drug-likeness (QED) is 0.626. The minimum atomic E-state index is -1.14. The number of hydrogen-bond acceptors (Lipinski definition) is 4. The van der Waals surface area contributed by atoms with Crippen LogP contribution >= 0.6 is 11.3 Å². The number of benzene rings is 1. The summed E-state index contributed by atoms with van der Waals surface area (Å²) in [6, 6.07) is 18.1. The number of carbonyl (C=O) groups is 2. The van der Waals surface area contributed by atoms with Crippen molar-refractivity contribution in [2.75, 3.05) is 0 Å². The summed E-state index contributed by atoms with van der Waals surface area (Å²) in [7, 11) is 0. The molecule has 1 atom stereocenters. The summed E-state index contributed by atoms with van der Waals surface area (Å²) in [5, 5.41) is 23.8. The Bertz CT molecular complexity index is 907. The zero-order valence-corrected chi connectivity index (χ0v) is 14.4. The fraction of sp³-hybridized carbons (Fsp3) is 0.100. The van der Waals surface area contributed by atoms with Crippen LogP contribution in [0.4, 0.5) is 0 Å². The highest BCUT2D eigenvalue weighted by atomic mass is 32.1. The maximum Gasteiger partial charge on any atom is 0.326 e. The zero-order chi connectivity index (χ0) is 18.5. The Morgan fingerprint density at radius 2 is 1.88 bits per heavy atom. The lowest BCUT2D eigenvalue weighted by Gasteiger charge is -2.14. The molecular formula is C20H15NO4S. The lowest BCUT2D eigenvalue weighted by Crippen LogP contribution is -2.42. The number of carboxylic acid groups (broad SMARTS) is 1. The smallest absolute Gasteiger partial charge is 0.326 e. The van der Waals surface area contributed by atoms with Gasteiger partial charge in [-0.25, -0.2) is 4.79 Å². The minimum absolute atomic E-state index is 0.0308. The van der Waals surface area contributed by atoms with Crippen molar-refractivity contribution in [2.24, 2.45) is 0 Å². The average molecular weight is 365 g/mol. The standard InChI is InChI=1S/C20H15NO4S/c22-17-9-8-13(11-15(17)18-7-4-10-26-18)12-16(20(24)25)21-19(23)14-5-2-1-3-6-14/h1-7,10-11,16,22H,12H2,(H,21,23)(H,24,25). The Hall–Kier alpha value is -3.30. The number of aliphatic carboxylic acids is 1. The summed E-state index contributed by atoms with van der Waals surface area (Å²) in [6.45, 7) is 0. The molecule has 1 heterocycles. The molecule has 0 bridgehead atoms. The first-order valence-electron chi connectivity index (χ1n) is 7.83. The molecule has 1 amide bonds. The summed E-state index contributed by atoms with van der Waals surface area (Å²) in [5.41, 5.74) is 1.48. The third-order valence-corrected chi connectivity index (χ3v) is 4.67. The van der Waals surface area contributed by atoms with E-state index in [1.165, 1.54) is 11.3 Å². The van der Waals surface area contributed by atoms with Gasteiger partial charge in [-0.3, -0.25) is 4.79 Å². The van der Waals surface area contributed by atoms with E-state index in [2.05, 4.69) is 17.4 Å². The number of carbonyl (C=O) groups excluding carboxylic acids is 1. The Labute approximate surface area is 154 Å². The molecule has 1 aromatic heterocycles. The van der Waals surface area contributed by atoms with Crippen LogP contribution in [0.15, 0.2) is 53.9 Å². The van der Waals surface area contributed by atoms with Gasteiger partial charge in [0.1, 0.15) is 6.04 Å². The number of hydrogen-bond donors (Lipinski definition) is 3. The maximum atomic E-state index is 12.2. The van der Waals surface area contributed by atoms with Crippen LogP contribution < -0.4 is 5.32 Å². The average Bonchev–Trinajstić information content (AvgIpc) is 3.17. The summed E-state index contributed by atoms with van der Waals surface area (Å²) in [6.07, 6.45) is 0.0308. The topological polar surface area (TPSA) is 86.6 Å². The molecular weight excluding hydrogens is 350 g/mol. The predicted octanol–water partition coefficient (Wildman–Crippen LogP) is 3.15. The van der Waals surface area contributed by atoms with Crippen molar-refractivity contribution < 1.29 is 19.8 Å². The third-order valence-electron chi connectivity index (χ3n) is 3.77.